The quantitative estimate of drug-likeness (QED) is 0.433. The fourth-order valence-corrected chi connectivity index (χ4v) is 5.97. The van der Waals surface area contributed by atoms with Crippen LogP contribution in [0.4, 0.5) is 9.52 Å². The molecule has 0 aliphatic carbocycles. The molecule has 0 saturated carbocycles. The Kier molecular flexibility index (Phi) is 6.05. The van der Waals surface area contributed by atoms with Crippen molar-refractivity contribution < 1.29 is 14.0 Å². The van der Waals surface area contributed by atoms with Gasteiger partial charge in [0.05, 0.1) is 10.6 Å². The standard InChI is InChI=1S/C23H23FN6O2S2/c1-13-18(30-9-10-33-23(30)27-13)20(31)26-12-16-7-2-3-8-29(16)21(32)17-19(34-22(25)28-17)14-5-4-6-15(24)11-14/h4-6,9-11,16H,2-3,7-8,12H2,1H3,(H2,25,28)(H,26,31)/t16-/m0/s1. The molecule has 4 heterocycles. The summed E-state index contributed by atoms with van der Waals surface area (Å²) in [7, 11) is 0. The number of nitrogens with zero attached hydrogens (tertiary/aromatic N) is 4. The summed E-state index contributed by atoms with van der Waals surface area (Å²) in [6.07, 6.45) is 4.41. The largest absolute Gasteiger partial charge is 0.375 e. The Morgan fingerprint density at radius 3 is 2.97 bits per heavy atom. The van der Waals surface area contributed by atoms with Crippen LogP contribution in [0.1, 0.15) is 45.9 Å². The molecule has 176 valence electrons. The number of aromatic nitrogens is 3. The number of amides is 2. The van der Waals surface area contributed by atoms with E-state index in [2.05, 4.69) is 15.3 Å². The summed E-state index contributed by atoms with van der Waals surface area (Å²) in [6, 6.07) is 5.87. The van der Waals surface area contributed by atoms with Crippen molar-refractivity contribution >= 4 is 44.6 Å². The molecule has 3 aromatic heterocycles. The number of piperidine rings is 1. The van der Waals surface area contributed by atoms with E-state index in [1.54, 1.807) is 21.4 Å². The topological polar surface area (TPSA) is 106 Å². The van der Waals surface area contributed by atoms with E-state index in [0.717, 1.165) is 35.6 Å². The fraction of sp³-hybridized carbons (Fsp3) is 0.304. The molecule has 3 N–H and O–H groups in total. The van der Waals surface area contributed by atoms with E-state index in [1.165, 1.54) is 23.5 Å². The van der Waals surface area contributed by atoms with Gasteiger partial charge in [-0.25, -0.2) is 14.4 Å². The Hall–Kier alpha value is -3.31. The lowest BCUT2D eigenvalue weighted by Gasteiger charge is -2.35. The molecule has 1 fully saturated rings. The molecule has 1 atom stereocenters. The average molecular weight is 499 g/mol. The second-order valence-corrected chi connectivity index (χ2v) is 10.1. The van der Waals surface area contributed by atoms with Crippen LogP contribution in [0.15, 0.2) is 35.8 Å². The van der Waals surface area contributed by atoms with Crippen LogP contribution in [-0.4, -0.2) is 50.2 Å². The highest BCUT2D eigenvalue weighted by molar-refractivity contribution is 7.19. The smallest absolute Gasteiger partial charge is 0.274 e. The van der Waals surface area contributed by atoms with Gasteiger partial charge in [0.1, 0.15) is 17.2 Å². The molecule has 5 rings (SSSR count). The predicted molar refractivity (Wildman–Crippen MR) is 131 cm³/mol. The molecule has 1 aromatic carbocycles. The van der Waals surface area contributed by atoms with E-state index in [9.17, 15) is 14.0 Å². The summed E-state index contributed by atoms with van der Waals surface area (Å²) >= 11 is 2.63. The number of carbonyl (C=O) groups excluding carboxylic acids is 2. The zero-order valence-corrected chi connectivity index (χ0v) is 20.1. The second kappa shape index (κ2) is 9.15. The lowest BCUT2D eigenvalue weighted by Crippen LogP contribution is -2.49. The number of thiazole rings is 2. The summed E-state index contributed by atoms with van der Waals surface area (Å²) in [5.41, 5.74) is 7.89. The Labute approximate surface area is 203 Å². The van der Waals surface area contributed by atoms with Crippen molar-refractivity contribution in [2.24, 2.45) is 0 Å². The molecule has 1 saturated heterocycles. The number of nitrogens with one attached hydrogen (secondary N) is 1. The highest BCUT2D eigenvalue weighted by atomic mass is 32.1. The molecule has 0 radical (unpaired) electrons. The Morgan fingerprint density at radius 2 is 2.15 bits per heavy atom. The number of fused-ring (bicyclic) bond motifs is 1. The molecule has 0 unspecified atom stereocenters. The van der Waals surface area contributed by atoms with Crippen molar-refractivity contribution in [3.8, 4) is 10.4 Å². The van der Waals surface area contributed by atoms with E-state index >= 15 is 0 Å². The van der Waals surface area contributed by atoms with Gasteiger partial charge in [-0.2, -0.15) is 0 Å². The van der Waals surface area contributed by atoms with E-state index in [1.807, 2.05) is 18.5 Å². The van der Waals surface area contributed by atoms with Gasteiger partial charge in [0.2, 0.25) is 0 Å². The lowest BCUT2D eigenvalue weighted by molar-refractivity contribution is 0.0598. The van der Waals surface area contributed by atoms with Crippen LogP contribution >= 0.6 is 22.7 Å². The number of halogens is 1. The third kappa shape index (κ3) is 4.16. The summed E-state index contributed by atoms with van der Waals surface area (Å²) < 4.78 is 15.6. The second-order valence-electron chi connectivity index (χ2n) is 8.20. The molecule has 1 aliphatic heterocycles. The number of likely N-dealkylation sites (tertiary alicyclic amines) is 1. The van der Waals surface area contributed by atoms with Gasteiger partial charge in [0.15, 0.2) is 10.1 Å². The van der Waals surface area contributed by atoms with Crippen molar-refractivity contribution in [1.29, 1.82) is 0 Å². The zero-order valence-electron chi connectivity index (χ0n) is 18.5. The summed E-state index contributed by atoms with van der Waals surface area (Å²) in [5, 5.41) is 5.13. The van der Waals surface area contributed by atoms with E-state index in [-0.39, 0.29) is 28.7 Å². The first-order valence-electron chi connectivity index (χ1n) is 11.0. The van der Waals surface area contributed by atoms with Crippen LogP contribution in [0.25, 0.3) is 15.4 Å². The molecule has 8 nitrogen and oxygen atoms in total. The fourth-order valence-electron chi connectivity index (χ4n) is 4.38. The van der Waals surface area contributed by atoms with E-state index < -0.39 is 5.82 Å². The van der Waals surface area contributed by atoms with Crippen LogP contribution in [-0.2, 0) is 0 Å². The van der Waals surface area contributed by atoms with Crippen molar-refractivity contribution in [3.63, 3.8) is 0 Å². The van der Waals surface area contributed by atoms with Gasteiger partial charge in [-0.1, -0.05) is 23.5 Å². The number of nitrogens with two attached hydrogens (primary N) is 1. The molecule has 2 amide bonds. The summed E-state index contributed by atoms with van der Waals surface area (Å²) in [6.45, 7) is 2.68. The number of carbonyl (C=O) groups is 2. The van der Waals surface area contributed by atoms with Crippen LogP contribution in [0.5, 0.6) is 0 Å². The van der Waals surface area contributed by atoms with Crippen molar-refractivity contribution in [2.75, 3.05) is 18.8 Å². The first-order valence-corrected chi connectivity index (χ1v) is 12.7. The van der Waals surface area contributed by atoms with Gasteiger partial charge in [-0.3, -0.25) is 14.0 Å². The number of anilines is 1. The third-order valence-corrected chi connectivity index (χ3v) is 7.66. The Balaban J connectivity index is 1.36. The molecular formula is C23H23FN6O2S2. The van der Waals surface area contributed by atoms with E-state index in [0.29, 0.717) is 34.9 Å². The Morgan fingerprint density at radius 1 is 1.29 bits per heavy atom. The van der Waals surface area contributed by atoms with Gasteiger partial charge in [-0.05, 0) is 43.9 Å². The monoisotopic (exact) mass is 498 g/mol. The molecular weight excluding hydrogens is 475 g/mol. The first kappa shape index (κ1) is 22.5. The van der Waals surface area contributed by atoms with Crippen LogP contribution in [0, 0.1) is 12.7 Å². The number of hydrogen-bond acceptors (Lipinski definition) is 7. The highest BCUT2D eigenvalue weighted by Gasteiger charge is 2.32. The minimum absolute atomic E-state index is 0.181. The molecule has 1 aliphatic rings. The zero-order chi connectivity index (χ0) is 23.8. The minimum Gasteiger partial charge on any atom is -0.375 e. The van der Waals surface area contributed by atoms with Crippen LogP contribution in [0.3, 0.4) is 0 Å². The maximum Gasteiger partial charge on any atom is 0.274 e. The predicted octanol–water partition coefficient (Wildman–Crippen LogP) is 3.97. The number of benzene rings is 1. The third-order valence-electron chi connectivity index (χ3n) is 5.97. The van der Waals surface area contributed by atoms with Gasteiger partial charge in [-0.15, -0.1) is 11.3 Å². The number of hydrogen-bond donors (Lipinski definition) is 2. The van der Waals surface area contributed by atoms with Crippen LogP contribution < -0.4 is 11.1 Å². The lowest BCUT2D eigenvalue weighted by atomic mass is 10.0. The molecule has 0 spiro atoms. The SMILES string of the molecule is Cc1nc2sccn2c1C(=O)NC[C@@H]1CCCCN1C(=O)c1nc(N)sc1-c1cccc(F)c1. The highest BCUT2D eigenvalue weighted by Crippen LogP contribution is 2.34. The van der Waals surface area contributed by atoms with Crippen molar-refractivity contribution in [2.45, 2.75) is 32.2 Å². The molecule has 4 aromatic rings. The number of rotatable bonds is 5. The summed E-state index contributed by atoms with van der Waals surface area (Å²) in [5.74, 6) is -0.872. The number of nitrogen functional groups attached to an aromatic ring is 1. The molecule has 34 heavy (non-hydrogen) atoms. The van der Waals surface area contributed by atoms with Crippen LogP contribution in [0.2, 0.25) is 0 Å². The average Bonchev–Trinajstić information content (AvgIpc) is 3.51. The van der Waals surface area contributed by atoms with E-state index in [4.69, 9.17) is 5.73 Å². The van der Waals surface area contributed by atoms with Crippen molar-refractivity contribution in [3.05, 3.63) is 58.7 Å². The maximum absolute atomic E-state index is 13.8. The van der Waals surface area contributed by atoms with Gasteiger partial charge >= 0.3 is 0 Å². The van der Waals surface area contributed by atoms with Gasteiger partial charge < -0.3 is 16.0 Å². The van der Waals surface area contributed by atoms with Crippen molar-refractivity contribution in [1.82, 2.24) is 24.6 Å². The van der Waals surface area contributed by atoms with Gasteiger partial charge in [0.25, 0.3) is 11.8 Å². The minimum atomic E-state index is -0.392. The van der Waals surface area contributed by atoms with Gasteiger partial charge in [0, 0.05) is 30.7 Å². The first-order chi connectivity index (χ1) is 16.4. The maximum atomic E-state index is 13.8. The molecule has 11 heteroatoms. The molecule has 0 bridgehead atoms. The normalized spacial score (nSPS) is 16.2. The summed E-state index contributed by atoms with van der Waals surface area (Å²) in [4.78, 5) is 38.3. The number of imidazole rings is 1. The number of aryl methyl sites for hydroxylation is 1. The Bertz CT molecular complexity index is 1380.